The Morgan fingerprint density at radius 2 is 2.08 bits per heavy atom. The summed E-state index contributed by atoms with van der Waals surface area (Å²) in [5.74, 6) is -0.593. The van der Waals surface area contributed by atoms with E-state index in [9.17, 15) is 9.59 Å². The molecule has 4 N–H and O–H groups in total. The van der Waals surface area contributed by atoms with E-state index in [1.54, 1.807) is 6.92 Å². The highest BCUT2D eigenvalue weighted by atomic mass is 16.2. The number of carbonyl (C=O) groups is 2. The first-order valence-electron chi connectivity index (χ1n) is 3.87. The number of primary amides is 1. The fraction of sp³-hybridized carbons (Fsp3) is 0.714. The summed E-state index contributed by atoms with van der Waals surface area (Å²) >= 11 is 0. The molecule has 2 amide bonds. The lowest BCUT2D eigenvalue weighted by Gasteiger charge is -2.11. The molecule has 0 rings (SSSR count). The SMILES string of the molecule is CCNC(=O)C(C)NCC(N)=O. The molecule has 0 aromatic carbocycles. The standard InChI is InChI=1S/C7H15N3O2/c1-3-9-7(12)5(2)10-4-6(8)11/h5,10H,3-4H2,1-2H3,(H2,8,11)(H,9,12). The van der Waals surface area contributed by atoms with Crippen LogP contribution in [0.4, 0.5) is 0 Å². The average Bonchev–Trinajstić information content (AvgIpc) is 2.00. The van der Waals surface area contributed by atoms with Crippen LogP contribution in [0, 0.1) is 0 Å². The third-order valence-corrected chi connectivity index (χ3v) is 1.33. The predicted molar refractivity (Wildman–Crippen MR) is 45.3 cm³/mol. The van der Waals surface area contributed by atoms with Crippen LogP contribution in [0.3, 0.4) is 0 Å². The summed E-state index contributed by atoms with van der Waals surface area (Å²) in [7, 11) is 0. The van der Waals surface area contributed by atoms with E-state index >= 15 is 0 Å². The monoisotopic (exact) mass is 173 g/mol. The average molecular weight is 173 g/mol. The molecule has 0 saturated heterocycles. The van der Waals surface area contributed by atoms with Crippen LogP contribution in [0.15, 0.2) is 0 Å². The largest absolute Gasteiger partial charge is 0.369 e. The summed E-state index contributed by atoms with van der Waals surface area (Å²) < 4.78 is 0. The second kappa shape index (κ2) is 5.54. The maximum absolute atomic E-state index is 11.0. The third-order valence-electron chi connectivity index (χ3n) is 1.33. The number of hydrogen-bond acceptors (Lipinski definition) is 3. The van der Waals surface area contributed by atoms with Crippen molar-refractivity contribution in [1.82, 2.24) is 10.6 Å². The van der Waals surface area contributed by atoms with Gasteiger partial charge in [0.2, 0.25) is 11.8 Å². The summed E-state index contributed by atoms with van der Waals surface area (Å²) in [5.41, 5.74) is 4.88. The van der Waals surface area contributed by atoms with E-state index in [1.807, 2.05) is 6.92 Å². The second-order valence-corrected chi connectivity index (χ2v) is 2.46. The molecule has 1 atom stereocenters. The van der Waals surface area contributed by atoms with Gasteiger partial charge in [0.15, 0.2) is 0 Å². The van der Waals surface area contributed by atoms with Crippen LogP contribution in [0.5, 0.6) is 0 Å². The zero-order valence-corrected chi connectivity index (χ0v) is 7.39. The van der Waals surface area contributed by atoms with E-state index in [0.29, 0.717) is 6.54 Å². The summed E-state index contributed by atoms with van der Waals surface area (Å²) in [6, 6.07) is -0.377. The Morgan fingerprint density at radius 1 is 1.50 bits per heavy atom. The molecule has 0 aliphatic rings. The van der Waals surface area contributed by atoms with Crippen LogP contribution >= 0.6 is 0 Å². The number of hydrogen-bond donors (Lipinski definition) is 3. The van der Waals surface area contributed by atoms with E-state index in [2.05, 4.69) is 10.6 Å². The van der Waals surface area contributed by atoms with Gasteiger partial charge in [0.05, 0.1) is 12.6 Å². The Morgan fingerprint density at radius 3 is 2.50 bits per heavy atom. The minimum absolute atomic E-state index is 0.0261. The van der Waals surface area contributed by atoms with Crippen molar-refractivity contribution in [2.45, 2.75) is 19.9 Å². The van der Waals surface area contributed by atoms with Gasteiger partial charge in [-0.1, -0.05) is 0 Å². The van der Waals surface area contributed by atoms with Gasteiger partial charge >= 0.3 is 0 Å². The first-order chi connectivity index (χ1) is 5.57. The summed E-state index contributed by atoms with van der Waals surface area (Å²) in [4.78, 5) is 21.3. The second-order valence-electron chi connectivity index (χ2n) is 2.46. The maximum Gasteiger partial charge on any atom is 0.236 e. The summed E-state index contributed by atoms with van der Waals surface area (Å²) in [6.07, 6.45) is 0. The molecule has 70 valence electrons. The van der Waals surface area contributed by atoms with Crippen molar-refractivity contribution in [2.24, 2.45) is 5.73 Å². The van der Waals surface area contributed by atoms with E-state index in [0.717, 1.165) is 0 Å². The third kappa shape index (κ3) is 4.68. The number of nitrogens with two attached hydrogens (primary N) is 1. The van der Waals surface area contributed by atoms with Crippen molar-refractivity contribution < 1.29 is 9.59 Å². The molecule has 0 aliphatic heterocycles. The molecule has 0 spiro atoms. The van der Waals surface area contributed by atoms with E-state index < -0.39 is 5.91 Å². The number of nitrogens with one attached hydrogen (secondary N) is 2. The van der Waals surface area contributed by atoms with Crippen LogP contribution in [-0.4, -0.2) is 30.9 Å². The molecule has 0 aromatic rings. The van der Waals surface area contributed by atoms with Gasteiger partial charge in [-0.15, -0.1) is 0 Å². The van der Waals surface area contributed by atoms with Gasteiger partial charge in [0.25, 0.3) is 0 Å². The highest BCUT2D eigenvalue weighted by Gasteiger charge is 2.10. The molecule has 12 heavy (non-hydrogen) atoms. The number of rotatable bonds is 5. The number of amides is 2. The van der Waals surface area contributed by atoms with Gasteiger partial charge in [0.1, 0.15) is 0 Å². The minimum Gasteiger partial charge on any atom is -0.369 e. The number of carbonyl (C=O) groups excluding carboxylic acids is 2. The predicted octanol–water partition coefficient (Wildman–Crippen LogP) is -1.41. The Labute approximate surface area is 71.7 Å². The van der Waals surface area contributed by atoms with Crippen molar-refractivity contribution in [3.8, 4) is 0 Å². The molecule has 0 radical (unpaired) electrons. The van der Waals surface area contributed by atoms with Gasteiger partial charge in [-0.3, -0.25) is 14.9 Å². The lowest BCUT2D eigenvalue weighted by molar-refractivity contribution is -0.123. The smallest absolute Gasteiger partial charge is 0.236 e. The van der Waals surface area contributed by atoms with Gasteiger partial charge in [-0.05, 0) is 13.8 Å². The van der Waals surface area contributed by atoms with Crippen molar-refractivity contribution >= 4 is 11.8 Å². The minimum atomic E-state index is -0.467. The van der Waals surface area contributed by atoms with Gasteiger partial charge in [0, 0.05) is 6.54 Å². The van der Waals surface area contributed by atoms with Crippen LogP contribution in [-0.2, 0) is 9.59 Å². The van der Waals surface area contributed by atoms with Crippen molar-refractivity contribution in [3.05, 3.63) is 0 Å². The topological polar surface area (TPSA) is 84.2 Å². The molecule has 0 bridgehead atoms. The molecular weight excluding hydrogens is 158 g/mol. The summed E-state index contributed by atoms with van der Waals surface area (Å²) in [6.45, 7) is 4.12. The lowest BCUT2D eigenvalue weighted by atomic mass is 10.3. The molecule has 0 saturated carbocycles. The molecule has 5 nitrogen and oxygen atoms in total. The lowest BCUT2D eigenvalue weighted by Crippen LogP contribution is -2.45. The fourth-order valence-corrected chi connectivity index (χ4v) is 0.674. The van der Waals surface area contributed by atoms with Crippen molar-refractivity contribution in [3.63, 3.8) is 0 Å². The van der Waals surface area contributed by atoms with E-state index in [1.165, 1.54) is 0 Å². The van der Waals surface area contributed by atoms with Crippen LogP contribution < -0.4 is 16.4 Å². The highest BCUT2D eigenvalue weighted by molar-refractivity contribution is 5.82. The zero-order chi connectivity index (χ0) is 9.56. The maximum atomic E-state index is 11.0. The number of likely N-dealkylation sites (N-methyl/N-ethyl adjacent to an activating group) is 1. The molecule has 0 aliphatic carbocycles. The van der Waals surface area contributed by atoms with Crippen LogP contribution in [0.2, 0.25) is 0 Å². The molecule has 0 heterocycles. The van der Waals surface area contributed by atoms with Crippen LogP contribution in [0.1, 0.15) is 13.8 Å². The fourth-order valence-electron chi connectivity index (χ4n) is 0.674. The highest BCUT2D eigenvalue weighted by Crippen LogP contribution is 1.79. The van der Waals surface area contributed by atoms with E-state index in [-0.39, 0.29) is 18.5 Å². The Kier molecular flexibility index (Phi) is 5.03. The zero-order valence-electron chi connectivity index (χ0n) is 7.39. The van der Waals surface area contributed by atoms with Gasteiger partial charge in [-0.25, -0.2) is 0 Å². The first-order valence-corrected chi connectivity index (χ1v) is 3.87. The van der Waals surface area contributed by atoms with Crippen LogP contribution in [0.25, 0.3) is 0 Å². The molecular formula is C7H15N3O2. The Balaban J connectivity index is 3.63. The molecule has 0 aromatic heterocycles. The molecule has 1 unspecified atom stereocenters. The molecule has 5 heteroatoms. The van der Waals surface area contributed by atoms with Gasteiger partial charge < -0.3 is 11.1 Å². The summed E-state index contributed by atoms with van der Waals surface area (Å²) in [5, 5.41) is 5.30. The Hall–Kier alpha value is -1.10. The molecule has 0 fully saturated rings. The first kappa shape index (κ1) is 10.9. The normalized spacial score (nSPS) is 12.2. The Bertz CT molecular complexity index is 170. The quantitative estimate of drug-likeness (QED) is 0.477. The van der Waals surface area contributed by atoms with Crippen molar-refractivity contribution in [2.75, 3.05) is 13.1 Å². The van der Waals surface area contributed by atoms with E-state index in [4.69, 9.17) is 5.73 Å². The van der Waals surface area contributed by atoms with Gasteiger partial charge in [-0.2, -0.15) is 0 Å². The van der Waals surface area contributed by atoms with Crippen molar-refractivity contribution in [1.29, 1.82) is 0 Å².